The van der Waals surface area contributed by atoms with Crippen LogP contribution in [0.2, 0.25) is 0 Å². The third-order valence-electron chi connectivity index (χ3n) is 6.35. The Morgan fingerprint density at radius 3 is 2.82 bits per heavy atom. The minimum absolute atomic E-state index is 0.172. The van der Waals surface area contributed by atoms with Gasteiger partial charge in [-0.25, -0.2) is 9.50 Å². The van der Waals surface area contributed by atoms with Crippen molar-refractivity contribution in [2.45, 2.75) is 44.8 Å². The number of nitrogens with zero attached hydrogens (tertiary/aromatic N) is 5. The molecule has 2 unspecified atom stereocenters. The van der Waals surface area contributed by atoms with Gasteiger partial charge in [0.25, 0.3) is 0 Å². The molecule has 4 heterocycles. The second kappa shape index (κ2) is 6.87. The van der Waals surface area contributed by atoms with Gasteiger partial charge < -0.3 is 10.0 Å². The number of aliphatic hydroxyl groups is 1. The van der Waals surface area contributed by atoms with E-state index in [1.54, 1.807) is 0 Å². The maximum Gasteiger partial charge on any atom is 0.155 e. The number of aromatic nitrogens is 3. The summed E-state index contributed by atoms with van der Waals surface area (Å²) in [4.78, 5) is 9.40. The van der Waals surface area contributed by atoms with Crippen molar-refractivity contribution in [3.8, 4) is 0 Å². The Morgan fingerprint density at radius 2 is 2.04 bits per heavy atom. The van der Waals surface area contributed by atoms with E-state index in [-0.39, 0.29) is 6.61 Å². The topological polar surface area (TPSA) is 56.9 Å². The minimum Gasteiger partial charge on any atom is -0.395 e. The normalized spacial score (nSPS) is 21.2. The highest BCUT2D eigenvalue weighted by atomic mass is 16.3. The molecule has 28 heavy (non-hydrogen) atoms. The maximum atomic E-state index is 9.12. The summed E-state index contributed by atoms with van der Waals surface area (Å²) in [6.45, 7) is 3.83. The first-order chi connectivity index (χ1) is 13.6. The van der Waals surface area contributed by atoms with E-state index in [2.05, 4.69) is 60.9 Å². The van der Waals surface area contributed by atoms with Gasteiger partial charge >= 0.3 is 0 Å². The molecule has 0 radical (unpaired) electrons. The van der Waals surface area contributed by atoms with E-state index < -0.39 is 0 Å². The molecule has 0 saturated carbocycles. The molecular formula is C22H27N5O. The molecule has 5 rings (SSSR count). The number of fused-ring (bicyclic) bond motifs is 6. The Balaban J connectivity index is 1.40. The van der Waals surface area contributed by atoms with Crippen LogP contribution < -0.4 is 4.90 Å². The van der Waals surface area contributed by atoms with Crippen molar-refractivity contribution in [1.82, 2.24) is 19.5 Å². The minimum atomic E-state index is 0.172. The van der Waals surface area contributed by atoms with Gasteiger partial charge in [-0.1, -0.05) is 12.1 Å². The van der Waals surface area contributed by atoms with Crippen molar-refractivity contribution in [2.75, 3.05) is 25.1 Å². The van der Waals surface area contributed by atoms with Gasteiger partial charge in [-0.15, -0.1) is 0 Å². The first-order valence-corrected chi connectivity index (χ1v) is 10.1. The fourth-order valence-electron chi connectivity index (χ4n) is 4.89. The van der Waals surface area contributed by atoms with Crippen LogP contribution in [-0.2, 0) is 13.0 Å². The number of hydrogen-bond donors (Lipinski definition) is 1. The molecule has 2 aliphatic rings. The summed E-state index contributed by atoms with van der Waals surface area (Å²) in [5.74, 6) is 0. The number of aliphatic hydroxyl groups excluding tert-OH is 1. The van der Waals surface area contributed by atoms with Crippen LogP contribution in [-0.4, -0.2) is 50.8 Å². The Bertz CT molecular complexity index is 996. The van der Waals surface area contributed by atoms with E-state index in [9.17, 15) is 0 Å². The van der Waals surface area contributed by atoms with Crippen molar-refractivity contribution in [3.63, 3.8) is 0 Å². The Morgan fingerprint density at radius 1 is 1.21 bits per heavy atom. The SMILES string of the molecule is Cc1cc2ncc3c(n2n1)CC1CCC3N1Cc1ccc(N(C)CCO)cc1. The Labute approximate surface area is 165 Å². The van der Waals surface area contributed by atoms with Crippen LogP contribution in [0.1, 0.15) is 41.4 Å². The molecule has 2 atom stereocenters. The summed E-state index contributed by atoms with van der Waals surface area (Å²) >= 11 is 0. The number of aryl methyl sites for hydroxylation is 1. The monoisotopic (exact) mass is 377 g/mol. The molecule has 6 heteroatoms. The van der Waals surface area contributed by atoms with Crippen molar-refractivity contribution in [1.29, 1.82) is 0 Å². The molecule has 2 aliphatic heterocycles. The Kier molecular flexibility index (Phi) is 4.33. The summed E-state index contributed by atoms with van der Waals surface area (Å²) in [5.41, 5.74) is 7.18. The highest BCUT2D eigenvalue weighted by molar-refractivity contribution is 5.47. The standard InChI is InChI=1S/C22H27N5O/c1-15-11-22-23-13-19-20-8-7-18(12-21(19)27(22)24-15)26(20)14-16-3-5-17(6-4-16)25(2)9-10-28/h3-6,11,13,18,20,28H,7-10,12,14H2,1-2H3. The summed E-state index contributed by atoms with van der Waals surface area (Å²) in [6, 6.07) is 11.8. The van der Waals surface area contributed by atoms with Gasteiger partial charge in [0.05, 0.1) is 18.0 Å². The fraction of sp³-hybridized carbons (Fsp3) is 0.455. The lowest BCUT2D eigenvalue weighted by Gasteiger charge is -2.36. The third-order valence-corrected chi connectivity index (χ3v) is 6.35. The summed E-state index contributed by atoms with van der Waals surface area (Å²) in [5, 5.41) is 13.8. The number of likely N-dealkylation sites (N-methyl/N-ethyl adjacent to an activating group) is 1. The van der Waals surface area contributed by atoms with Crippen LogP contribution in [0.15, 0.2) is 36.5 Å². The Hall–Kier alpha value is -2.44. The molecule has 0 amide bonds. The van der Waals surface area contributed by atoms with E-state index in [1.165, 1.54) is 29.7 Å². The largest absolute Gasteiger partial charge is 0.395 e. The first-order valence-electron chi connectivity index (χ1n) is 10.1. The highest BCUT2D eigenvalue weighted by Crippen LogP contribution is 2.44. The molecule has 1 fully saturated rings. The van der Waals surface area contributed by atoms with Crippen LogP contribution >= 0.6 is 0 Å². The lowest BCUT2D eigenvalue weighted by Crippen LogP contribution is -2.38. The molecular weight excluding hydrogens is 350 g/mol. The van der Waals surface area contributed by atoms with E-state index in [0.29, 0.717) is 18.6 Å². The molecule has 0 aliphatic carbocycles. The summed E-state index contributed by atoms with van der Waals surface area (Å²) in [7, 11) is 2.01. The molecule has 1 aromatic carbocycles. The average Bonchev–Trinajstić information content (AvgIpc) is 3.20. The van der Waals surface area contributed by atoms with Gasteiger partial charge in [-0.05, 0) is 37.5 Å². The summed E-state index contributed by atoms with van der Waals surface area (Å²) < 4.78 is 2.07. The number of hydrogen-bond acceptors (Lipinski definition) is 5. The second-order valence-corrected chi connectivity index (χ2v) is 8.15. The van der Waals surface area contributed by atoms with Gasteiger partial charge in [0.1, 0.15) is 0 Å². The zero-order valence-corrected chi connectivity index (χ0v) is 16.5. The number of rotatable bonds is 5. The van der Waals surface area contributed by atoms with Gasteiger partial charge in [0.15, 0.2) is 5.65 Å². The fourth-order valence-corrected chi connectivity index (χ4v) is 4.89. The molecule has 0 spiro atoms. The van der Waals surface area contributed by atoms with Crippen molar-refractivity contribution >= 4 is 11.3 Å². The van der Waals surface area contributed by atoms with Crippen LogP contribution in [0, 0.1) is 6.92 Å². The van der Waals surface area contributed by atoms with Gasteiger partial charge in [0, 0.05) is 62.2 Å². The number of anilines is 1. The average molecular weight is 377 g/mol. The highest BCUT2D eigenvalue weighted by Gasteiger charge is 2.41. The lowest BCUT2D eigenvalue weighted by molar-refractivity contribution is 0.165. The van der Waals surface area contributed by atoms with E-state index in [1.807, 2.05) is 14.0 Å². The summed E-state index contributed by atoms with van der Waals surface area (Å²) in [6.07, 6.45) is 5.56. The van der Waals surface area contributed by atoms with Crippen LogP contribution in [0.25, 0.3) is 5.65 Å². The predicted molar refractivity (Wildman–Crippen MR) is 110 cm³/mol. The molecule has 1 N–H and O–H groups in total. The van der Waals surface area contributed by atoms with Gasteiger partial charge in [-0.3, -0.25) is 4.90 Å². The van der Waals surface area contributed by atoms with Gasteiger partial charge in [0.2, 0.25) is 0 Å². The van der Waals surface area contributed by atoms with Crippen LogP contribution in [0.5, 0.6) is 0 Å². The molecule has 6 nitrogen and oxygen atoms in total. The zero-order chi connectivity index (χ0) is 19.3. The lowest BCUT2D eigenvalue weighted by atomic mass is 9.98. The molecule has 1 saturated heterocycles. The van der Waals surface area contributed by atoms with Crippen LogP contribution in [0.3, 0.4) is 0 Å². The molecule has 2 aromatic heterocycles. The van der Waals surface area contributed by atoms with E-state index in [4.69, 9.17) is 5.11 Å². The quantitative estimate of drug-likeness (QED) is 0.741. The van der Waals surface area contributed by atoms with Crippen molar-refractivity contribution < 1.29 is 5.11 Å². The molecule has 2 bridgehead atoms. The molecule has 3 aromatic rings. The van der Waals surface area contributed by atoms with Gasteiger partial charge in [-0.2, -0.15) is 5.10 Å². The second-order valence-electron chi connectivity index (χ2n) is 8.15. The van der Waals surface area contributed by atoms with Crippen LogP contribution in [0.4, 0.5) is 5.69 Å². The maximum absolute atomic E-state index is 9.12. The smallest absolute Gasteiger partial charge is 0.155 e. The first kappa shape index (κ1) is 17.6. The predicted octanol–water partition coefficient (Wildman–Crippen LogP) is 2.73. The third kappa shape index (κ3) is 2.88. The van der Waals surface area contributed by atoms with Crippen molar-refractivity contribution in [2.24, 2.45) is 0 Å². The van der Waals surface area contributed by atoms with E-state index >= 15 is 0 Å². The number of benzene rings is 1. The molecule has 146 valence electrons. The van der Waals surface area contributed by atoms with E-state index in [0.717, 1.165) is 30.0 Å². The van der Waals surface area contributed by atoms with Crippen molar-refractivity contribution in [3.05, 3.63) is 59.0 Å². The zero-order valence-electron chi connectivity index (χ0n) is 16.5.